The molecule has 1 N–H and O–H groups in total. The Morgan fingerprint density at radius 2 is 2.00 bits per heavy atom. The zero-order valence-electron chi connectivity index (χ0n) is 12.4. The molecule has 0 fully saturated rings. The molecule has 0 unspecified atom stereocenters. The Bertz CT molecular complexity index is 1150. The molecule has 0 saturated carbocycles. The molecule has 2 aromatic carbocycles. The number of halogens is 2. The standard InChI is InChI=1S/C16H10F2N4OS/c1-8-2-5-12-10(6-8)14(23)22-16(20-12)24-15(21-22)19-13-7-9(17)3-4-11(13)18/h2-7H,1H3,(H,19,21). The predicted octanol–water partition coefficient (Wildman–Crippen LogP) is 3.63. The monoisotopic (exact) mass is 344 g/mol. The second-order valence-electron chi connectivity index (χ2n) is 5.29. The van der Waals surface area contributed by atoms with Gasteiger partial charge in [0.25, 0.3) is 5.56 Å². The summed E-state index contributed by atoms with van der Waals surface area (Å²) in [5, 5.41) is 7.51. The summed E-state index contributed by atoms with van der Waals surface area (Å²) < 4.78 is 28.1. The van der Waals surface area contributed by atoms with Crippen LogP contribution >= 0.6 is 11.3 Å². The lowest BCUT2D eigenvalue weighted by molar-refractivity contribution is 0.603. The highest BCUT2D eigenvalue weighted by atomic mass is 32.1. The van der Waals surface area contributed by atoms with Crippen LogP contribution in [0.2, 0.25) is 0 Å². The average molecular weight is 344 g/mol. The van der Waals surface area contributed by atoms with E-state index in [0.717, 1.165) is 39.6 Å². The van der Waals surface area contributed by atoms with Crippen molar-refractivity contribution in [3.8, 4) is 0 Å². The zero-order chi connectivity index (χ0) is 16.8. The second kappa shape index (κ2) is 5.34. The van der Waals surface area contributed by atoms with Crippen molar-refractivity contribution in [3.63, 3.8) is 0 Å². The van der Waals surface area contributed by atoms with E-state index in [1.807, 2.05) is 13.0 Å². The van der Waals surface area contributed by atoms with Gasteiger partial charge in [-0.25, -0.2) is 13.8 Å². The Labute approximate surface area is 138 Å². The third-order valence-electron chi connectivity index (χ3n) is 3.52. The Balaban J connectivity index is 1.86. The van der Waals surface area contributed by atoms with Gasteiger partial charge >= 0.3 is 0 Å². The van der Waals surface area contributed by atoms with Gasteiger partial charge in [0.15, 0.2) is 0 Å². The highest BCUT2D eigenvalue weighted by molar-refractivity contribution is 7.20. The molecule has 0 aliphatic carbocycles. The third kappa shape index (κ3) is 2.41. The summed E-state index contributed by atoms with van der Waals surface area (Å²) in [6.07, 6.45) is 0. The highest BCUT2D eigenvalue weighted by Gasteiger charge is 2.12. The molecule has 2 heterocycles. The number of aryl methyl sites for hydroxylation is 1. The lowest BCUT2D eigenvalue weighted by Crippen LogP contribution is -2.15. The van der Waals surface area contributed by atoms with Crippen molar-refractivity contribution in [2.75, 3.05) is 5.32 Å². The molecular formula is C16H10F2N4OS. The average Bonchev–Trinajstić information content (AvgIpc) is 2.95. The highest BCUT2D eigenvalue weighted by Crippen LogP contribution is 2.25. The third-order valence-corrected chi connectivity index (χ3v) is 4.34. The fourth-order valence-corrected chi connectivity index (χ4v) is 3.19. The van der Waals surface area contributed by atoms with Gasteiger partial charge in [-0.2, -0.15) is 4.52 Å². The van der Waals surface area contributed by atoms with Gasteiger partial charge in [0.05, 0.1) is 16.6 Å². The number of fused-ring (bicyclic) bond motifs is 2. The van der Waals surface area contributed by atoms with Gasteiger partial charge in [0.1, 0.15) is 11.6 Å². The molecule has 4 aromatic rings. The molecule has 24 heavy (non-hydrogen) atoms. The molecule has 0 saturated heterocycles. The lowest BCUT2D eigenvalue weighted by Gasteiger charge is -2.02. The fourth-order valence-electron chi connectivity index (χ4n) is 2.38. The van der Waals surface area contributed by atoms with E-state index < -0.39 is 11.6 Å². The van der Waals surface area contributed by atoms with Crippen LogP contribution in [0.25, 0.3) is 15.9 Å². The topological polar surface area (TPSA) is 59.3 Å². The van der Waals surface area contributed by atoms with E-state index in [9.17, 15) is 13.6 Å². The van der Waals surface area contributed by atoms with Crippen molar-refractivity contribution in [2.24, 2.45) is 0 Å². The molecule has 0 atom stereocenters. The first-order valence-corrected chi connectivity index (χ1v) is 7.85. The minimum absolute atomic E-state index is 0.0532. The summed E-state index contributed by atoms with van der Waals surface area (Å²) in [5.41, 5.74) is 1.15. The van der Waals surface area contributed by atoms with Crippen molar-refractivity contribution in [1.29, 1.82) is 0 Å². The molecule has 4 rings (SSSR count). The number of hydrogen-bond acceptors (Lipinski definition) is 5. The summed E-state index contributed by atoms with van der Waals surface area (Å²) in [6, 6.07) is 8.46. The molecule has 5 nitrogen and oxygen atoms in total. The van der Waals surface area contributed by atoms with Crippen molar-refractivity contribution in [2.45, 2.75) is 6.92 Å². The number of nitrogens with one attached hydrogen (secondary N) is 1. The molecule has 8 heteroatoms. The maximum atomic E-state index is 13.7. The molecular weight excluding hydrogens is 334 g/mol. The first-order valence-electron chi connectivity index (χ1n) is 7.03. The van der Waals surface area contributed by atoms with E-state index in [1.54, 1.807) is 12.1 Å². The number of hydrogen-bond donors (Lipinski definition) is 1. The van der Waals surface area contributed by atoms with Crippen LogP contribution < -0.4 is 10.9 Å². The quantitative estimate of drug-likeness (QED) is 0.603. The van der Waals surface area contributed by atoms with Crippen LogP contribution in [0.5, 0.6) is 0 Å². The van der Waals surface area contributed by atoms with Crippen molar-refractivity contribution in [3.05, 3.63) is 63.9 Å². The molecule has 0 amide bonds. The van der Waals surface area contributed by atoms with Crippen LogP contribution in [0.4, 0.5) is 19.6 Å². The van der Waals surface area contributed by atoms with E-state index in [-0.39, 0.29) is 16.4 Å². The molecule has 120 valence electrons. The molecule has 0 aliphatic heterocycles. The van der Waals surface area contributed by atoms with E-state index in [1.165, 1.54) is 0 Å². The Morgan fingerprint density at radius 1 is 1.17 bits per heavy atom. The summed E-state index contributed by atoms with van der Waals surface area (Å²) in [7, 11) is 0. The summed E-state index contributed by atoms with van der Waals surface area (Å²) >= 11 is 1.08. The lowest BCUT2D eigenvalue weighted by atomic mass is 10.2. The van der Waals surface area contributed by atoms with Gasteiger partial charge in [-0.1, -0.05) is 23.0 Å². The van der Waals surface area contributed by atoms with Crippen LogP contribution in [-0.2, 0) is 0 Å². The van der Waals surface area contributed by atoms with Gasteiger partial charge in [0.2, 0.25) is 10.1 Å². The van der Waals surface area contributed by atoms with Crippen LogP contribution in [0.3, 0.4) is 0 Å². The maximum Gasteiger partial charge on any atom is 0.283 e. The maximum absolute atomic E-state index is 13.7. The van der Waals surface area contributed by atoms with Crippen molar-refractivity contribution >= 4 is 38.0 Å². The summed E-state index contributed by atoms with van der Waals surface area (Å²) in [6.45, 7) is 1.88. The van der Waals surface area contributed by atoms with Gasteiger partial charge in [-0.05, 0) is 31.2 Å². The van der Waals surface area contributed by atoms with Crippen molar-refractivity contribution in [1.82, 2.24) is 14.6 Å². The van der Waals surface area contributed by atoms with E-state index in [2.05, 4.69) is 15.4 Å². The predicted molar refractivity (Wildman–Crippen MR) is 89.0 cm³/mol. The number of benzene rings is 2. The molecule has 0 bridgehead atoms. The minimum Gasteiger partial charge on any atom is -0.328 e. The minimum atomic E-state index is -0.614. The van der Waals surface area contributed by atoms with Gasteiger partial charge in [0, 0.05) is 6.07 Å². The van der Waals surface area contributed by atoms with Gasteiger partial charge in [-0.3, -0.25) is 4.79 Å². The van der Waals surface area contributed by atoms with Crippen LogP contribution in [0.15, 0.2) is 41.2 Å². The van der Waals surface area contributed by atoms with E-state index in [4.69, 9.17) is 0 Å². The first kappa shape index (κ1) is 14.7. The molecule has 0 spiro atoms. The SMILES string of the molecule is Cc1ccc2nc3sc(Nc4cc(F)ccc4F)nn3c(=O)c2c1. The summed E-state index contributed by atoms with van der Waals surface area (Å²) in [4.78, 5) is 17.3. The molecule has 0 aliphatic rings. The Hall–Kier alpha value is -2.87. The van der Waals surface area contributed by atoms with Crippen LogP contribution in [0, 0.1) is 18.6 Å². The smallest absolute Gasteiger partial charge is 0.283 e. The van der Waals surface area contributed by atoms with Crippen molar-refractivity contribution < 1.29 is 8.78 Å². The van der Waals surface area contributed by atoms with Crippen LogP contribution in [-0.4, -0.2) is 14.6 Å². The number of anilines is 2. The van der Waals surface area contributed by atoms with Crippen LogP contribution in [0.1, 0.15) is 5.56 Å². The van der Waals surface area contributed by atoms with Gasteiger partial charge in [-0.15, -0.1) is 5.10 Å². The van der Waals surface area contributed by atoms with E-state index in [0.29, 0.717) is 15.9 Å². The normalized spacial score (nSPS) is 11.3. The zero-order valence-corrected chi connectivity index (χ0v) is 13.2. The van der Waals surface area contributed by atoms with Gasteiger partial charge < -0.3 is 5.32 Å². The second-order valence-corrected chi connectivity index (χ2v) is 6.24. The first-order chi connectivity index (χ1) is 11.5. The number of rotatable bonds is 2. The Morgan fingerprint density at radius 3 is 2.83 bits per heavy atom. The fraction of sp³-hybridized carbons (Fsp3) is 0.0625. The Kier molecular flexibility index (Phi) is 3.27. The summed E-state index contributed by atoms with van der Waals surface area (Å²) in [5.74, 6) is -1.19. The number of aromatic nitrogens is 3. The largest absolute Gasteiger partial charge is 0.328 e. The molecule has 0 radical (unpaired) electrons. The number of nitrogens with zero attached hydrogens (tertiary/aromatic N) is 3. The molecule has 2 aromatic heterocycles. The van der Waals surface area contributed by atoms with E-state index >= 15 is 0 Å².